The van der Waals surface area contributed by atoms with E-state index >= 15 is 0 Å². The summed E-state index contributed by atoms with van der Waals surface area (Å²) in [5.74, 6) is 0.892. The van der Waals surface area contributed by atoms with Crippen molar-refractivity contribution in [3.05, 3.63) is 18.3 Å². The maximum absolute atomic E-state index is 5.82. The van der Waals surface area contributed by atoms with Gasteiger partial charge in [-0.1, -0.05) is 19.8 Å². The molecule has 1 aromatic heterocycles. The SMILES string of the molecule is CCCCCN(C)c1ncccc1N. The zero-order chi connectivity index (χ0) is 10.4. The molecule has 0 bridgehead atoms. The smallest absolute Gasteiger partial charge is 0.151 e. The lowest BCUT2D eigenvalue weighted by Gasteiger charge is -2.19. The second-order valence-electron chi connectivity index (χ2n) is 3.54. The summed E-state index contributed by atoms with van der Waals surface area (Å²) in [6, 6.07) is 3.75. The van der Waals surface area contributed by atoms with Crippen LogP contribution in [-0.2, 0) is 0 Å². The first-order valence-electron chi connectivity index (χ1n) is 5.17. The van der Waals surface area contributed by atoms with Gasteiger partial charge in [0.05, 0.1) is 5.69 Å². The molecule has 0 amide bonds. The van der Waals surface area contributed by atoms with E-state index in [0.717, 1.165) is 18.1 Å². The summed E-state index contributed by atoms with van der Waals surface area (Å²) in [6.45, 7) is 3.23. The Bertz CT molecular complexity index is 273. The molecule has 0 aliphatic carbocycles. The van der Waals surface area contributed by atoms with E-state index in [1.807, 2.05) is 19.2 Å². The summed E-state index contributed by atoms with van der Waals surface area (Å²) in [5, 5.41) is 0. The van der Waals surface area contributed by atoms with Crippen LogP contribution >= 0.6 is 0 Å². The van der Waals surface area contributed by atoms with Crippen LogP contribution in [0.25, 0.3) is 0 Å². The van der Waals surface area contributed by atoms with Gasteiger partial charge in [0.1, 0.15) is 0 Å². The molecule has 14 heavy (non-hydrogen) atoms. The number of pyridine rings is 1. The Morgan fingerprint density at radius 3 is 2.86 bits per heavy atom. The lowest BCUT2D eigenvalue weighted by Crippen LogP contribution is -2.20. The maximum atomic E-state index is 5.82. The van der Waals surface area contributed by atoms with Gasteiger partial charge in [-0.25, -0.2) is 4.98 Å². The molecule has 3 nitrogen and oxygen atoms in total. The lowest BCUT2D eigenvalue weighted by atomic mass is 10.2. The third kappa shape index (κ3) is 2.91. The van der Waals surface area contributed by atoms with Gasteiger partial charge in [0, 0.05) is 19.8 Å². The molecule has 0 atom stereocenters. The number of hydrogen-bond donors (Lipinski definition) is 1. The molecule has 0 aliphatic rings. The number of nitrogen functional groups attached to an aromatic ring is 1. The monoisotopic (exact) mass is 193 g/mol. The summed E-state index contributed by atoms with van der Waals surface area (Å²) in [6.07, 6.45) is 5.48. The molecule has 3 heteroatoms. The van der Waals surface area contributed by atoms with Crippen LogP contribution in [0.3, 0.4) is 0 Å². The number of aromatic nitrogens is 1. The van der Waals surface area contributed by atoms with Crippen molar-refractivity contribution in [1.29, 1.82) is 0 Å². The predicted molar refractivity (Wildman–Crippen MR) is 61.4 cm³/mol. The molecule has 1 aromatic rings. The first-order valence-corrected chi connectivity index (χ1v) is 5.17. The molecule has 0 unspecified atom stereocenters. The van der Waals surface area contributed by atoms with Gasteiger partial charge in [-0.05, 0) is 18.6 Å². The van der Waals surface area contributed by atoms with Crippen molar-refractivity contribution in [2.24, 2.45) is 0 Å². The summed E-state index contributed by atoms with van der Waals surface area (Å²) in [5.41, 5.74) is 6.58. The quantitative estimate of drug-likeness (QED) is 0.729. The standard InChI is InChI=1S/C11H19N3/c1-3-4-5-9-14(2)11-10(12)7-6-8-13-11/h6-8H,3-5,9,12H2,1-2H3. The van der Waals surface area contributed by atoms with E-state index in [1.165, 1.54) is 19.3 Å². The van der Waals surface area contributed by atoms with Crippen molar-refractivity contribution >= 4 is 11.5 Å². The minimum atomic E-state index is 0.756. The average molecular weight is 193 g/mol. The Labute approximate surface area is 85.9 Å². The number of nitrogens with zero attached hydrogens (tertiary/aromatic N) is 2. The van der Waals surface area contributed by atoms with Crippen LogP contribution in [-0.4, -0.2) is 18.6 Å². The van der Waals surface area contributed by atoms with E-state index < -0.39 is 0 Å². The summed E-state index contributed by atoms with van der Waals surface area (Å²) in [4.78, 5) is 6.37. The second-order valence-corrected chi connectivity index (χ2v) is 3.54. The fourth-order valence-corrected chi connectivity index (χ4v) is 1.43. The third-order valence-corrected chi connectivity index (χ3v) is 2.28. The van der Waals surface area contributed by atoms with Crippen molar-refractivity contribution in [2.45, 2.75) is 26.2 Å². The maximum Gasteiger partial charge on any atom is 0.151 e. The first kappa shape index (κ1) is 10.8. The van der Waals surface area contributed by atoms with Gasteiger partial charge in [0.15, 0.2) is 5.82 Å². The van der Waals surface area contributed by atoms with E-state index in [-0.39, 0.29) is 0 Å². The van der Waals surface area contributed by atoms with E-state index in [2.05, 4.69) is 16.8 Å². The normalized spacial score (nSPS) is 10.1. The van der Waals surface area contributed by atoms with Gasteiger partial charge in [0.2, 0.25) is 0 Å². The molecule has 0 radical (unpaired) electrons. The largest absolute Gasteiger partial charge is 0.396 e. The van der Waals surface area contributed by atoms with E-state index in [1.54, 1.807) is 6.20 Å². The fraction of sp³-hybridized carbons (Fsp3) is 0.545. The van der Waals surface area contributed by atoms with Gasteiger partial charge in [-0.2, -0.15) is 0 Å². The van der Waals surface area contributed by atoms with Crippen molar-refractivity contribution in [2.75, 3.05) is 24.2 Å². The van der Waals surface area contributed by atoms with Gasteiger partial charge < -0.3 is 10.6 Å². The number of unbranched alkanes of at least 4 members (excludes halogenated alkanes) is 2. The van der Waals surface area contributed by atoms with Crippen molar-refractivity contribution in [1.82, 2.24) is 4.98 Å². The minimum Gasteiger partial charge on any atom is -0.396 e. The highest BCUT2D eigenvalue weighted by Crippen LogP contribution is 2.17. The molecule has 0 aliphatic heterocycles. The summed E-state index contributed by atoms with van der Waals surface area (Å²) < 4.78 is 0. The van der Waals surface area contributed by atoms with Gasteiger partial charge in [-0.3, -0.25) is 0 Å². The Morgan fingerprint density at radius 1 is 1.43 bits per heavy atom. The minimum absolute atomic E-state index is 0.756. The Morgan fingerprint density at radius 2 is 2.21 bits per heavy atom. The molecule has 1 heterocycles. The summed E-state index contributed by atoms with van der Waals surface area (Å²) in [7, 11) is 2.04. The first-order chi connectivity index (χ1) is 6.75. The van der Waals surface area contributed by atoms with Crippen LogP contribution < -0.4 is 10.6 Å². The molecule has 1 rings (SSSR count). The Balaban J connectivity index is 2.51. The van der Waals surface area contributed by atoms with Crippen LogP contribution in [0.15, 0.2) is 18.3 Å². The molecular weight excluding hydrogens is 174 g/mol. The van der Waals surface area contributed by atoms with Gasteiger partial charge >= 0.3 is 0 Å². The molecule has 78 valence electrons. The fourth-order valence-electron chi connectivity index (χ4n) is 1.43. The molecule has 0 saturated carbocycles. The molecule has 0 saturated heterocycles. The van der Waals surface area contributed by atoms with Crippen LogP contribution in [0.2, 0.25) is 0 Å². The van der Waals surface area contributed by atoms with Crippen molar-refractivity contribution < 1.29 is 0 Å². The number of rotatable bonds is 5. The highest BCUT2D eigenvalue weighted by atomic mass is 15.2. The van der Waals surface area contributed by atoms with Crippen LogP contribution in [0.1, 0.15) is 26.2 Å². The van der Waals surface area contributed by atoms with Crippen LogP contribution in [0.5, 0.6) is 0 Å². The average Bonchev–Trinajstić information content (AvgIpc) is 2.18. The second kappa shape index (κ2) is 5.47. The lowest BCUT2D eigenvalue weighted by molar-refractivity contribution is 0.702. The van der Waals surface area contributed by atoms with E-state index in [4.69, 9.17) is 5.73 Å². The highest BCUT2D eigenvalue weighted by Gasteiger charge is 2.04. The van der Waals surface area contributed by atoms with E-state index in [9.17, 15) is 0 Å². The predicted octanol–water partition coefficient (Wildman–Crippen LogP) is 2.29. The van der Waals surface area contributed by atoms with Gasteiger partial charge in [-0.15, -0.1) is 0 Å². The zero-order valence-electron chi connectivity index (χ0n) is 9.03. The molecule has 2 N–H and O–H groups in total. The number of nitrogens with two attached hydrogens (primary N) is 1. The molecular formula is C11H19N3. The highest BCUT2D eigenvalue weighted by molar-refractivity contribution is 5.61. The van der Waals surface area contributed by atoms with Crippen LogP contribution in [0, 0.1) is 0 Å². The molecule has 0 spiro atoms. The molecule has 0 aromatic carbocycles. The Hall–Kier alpha value is -1.25. The van der Waals surface area contributed by atoms with Crippen LogP contribution in [0.4, 0.5) is 11.5 Å². The topological polar surface area (TPSA) is 42.2 Å². The zero-order valence-corrected chi connectivity index (χ0v) is 9.03. The van der Waals surface area contributed by atoms with Crippen molar-refractivity contribution in [3.8, 4) is 0 Å². The Kier molecular flexibility index (Phi) is 4.23. The van der Waals surface area contributed by atoms with Crippen molar-refractivity contribution in [3.63, 3.8) is 0 Å². The third-order valence-electron chi connectivity index (χ3n) is 2.28. The summed E-state index contributed by atoms with van der Waals surface area (Å²) >= 11 is 0. The van der Waals surface area contributed by atoms with E-state index in [0.29, 0.717) is 0 Å². The molecule has 0 fully saturated rings. The number of hydrogen-bond acceptors (Lipinski definition) is 3. The van der Waals surface area contributed by atoms with Gasteiger partial charge in [0.25, 0.3) is 0 Å². The number of anilines is 2.